The van der Waals surface area contributed by atoms with Crippen LogP contribution < -0.4 is 15.9 Å². The van der Waals surface area contributed by atoms with Gasteiger partial charge in [0.2, 0.25) is 0 Å². The Bertz CT molecular complexity index is 810. The molecule has 3 heteroatoms. The molecule has 0 atom stereocenters. The molecule has 0 unspecified atom stereocenters. The first kappa shape index (κ1) is 19.6. The molecule has 0 heterocycles. The Morgan fingerprint density at radius 1 is 0.667 bits per heavy atom. The molecule has 3 aromatic carbocycles. The van der Waals surface area contributed by atoms with Crippen molar-refractivity contribution in [3.8, 4) is 11.5 Å². The van der Waals surface area contributed by atoms with Crippen molar-refractivity contribution in [1.82, 2.24) is 0 Å². The van der Waals surface area contributed by atoms with Crippen LogP contribution in [0.3, 0.4) is 0 Å². The van der Waals surface area contributed by atoms with Crippen molar-refractivity contribution >= 4 is 32.9 Å². The van der Waals surface area contributed by atoms with E-state index in [4.69, 9.17) is 0 Å². The van der Waals surface area contributed by atoms with Crippen molar-refractivity contribution in [3.63, 3.8) is 0 Å². The second kappa shape index (κ2) is 8.68. The molecule has 0 bridgehead atoms. The highest BCUT2D eigenvalue weighted by atomic mass is 31.2. The van der Waals surface area contributed by atoms with Crippen LogP contribution in [0.2, 0.25) is 0 Å². The fourth-order valence-electron chi connectivity index (χ4n) is 3.24. The standard InChI is InChI=1S/C24H28NPSi/c1-25(2,3)27-21-13-20-26(22-14-7-4-8-15-22,23-16-9-5-10-17-23)24-18-11-6-12-19-24/h4-12,14-19H,20,27H2,1-3H3/q+2. The summed E-state index contributed by atoms with van der Waals surface area (Å²) in [6, 6.07) is 33.0. The fraction of sp³-hybridized carbons (Fsp3) is 0.167. The van der Waals surface area contributed by atoms with Gasteiger partial charge in [0.05, 0.1) is 21.1 Å². The van der Waals surface area contributed by atoms with E-state index in [0.29, 0.717) is 0 Å². The van der Waals surface area contributed by atoms with Crippen molar-refractivity contribution in [2.24, 2.45) is 0 Å². The second-order valence-electron chi connectivity index (χ2n) is 7.78. The van der Waals surface area contributed by atoms with E-state index in [1.54, 1.807) is 0 Å². The lowest BCUT2D eigenvalue weighted by Gasteiger charge is -2.26. The molecule has 0 aromatic heterocycles. The Morgan fingerprint density at radius 3 is 1.37 bits per heavy atom. The van der Waals surface area contributed by atoms with Crippen LogP contribution in [0, 0.1) is 11.5 Å². The average molecular weight is 390 g/mol. The van der Waals surface area contributed by atoms with Crippen LogP contribution in [-0.2, 0) is 0 Å². The van der Waals surface area contributed by atoms with Gasteiger partial charge in [-0.25, -0.2) is 0 Å². The van der Waals surface area contributed by atoms with Gasteiger partial charge in [-0.3, -0.25) is 0 Å². The third kappa shape index (κ3) is 4.76. The van der Waals surface area contributed by atoms with Crippen molar-refractivity contribution in [2.75, 3.05) is 27.3 Å². The lowest BCUT2D eigenvalue weighted by molar-refractivity contribution is -0.753. The summed E-state index contributed by atoms with van der Waals surface area (Å²) in [5.41, 5.74) is 3.58. The molecule has 0 aliphatic rings. The van der Waals surface area contributed by atoms with Gasteiger partial charge in [0.25, 0.3) is 0 Å². The highest BCUT2D eigenvalue weighted by Gasteiger charge is 2.44. The zero-order valence-corrected chi connectivity index (χ0v) is 18.8. The zero-order chi connectivity index (χ0) is 19.2. The molecule has 0 saturated carbocycles. The van der Waals surface area contributed by atoms with E-state index in [1.165, 1.54) is 15.9 Å². The van der Waals surface area contributed by atoms with Crippen LogP contribution in [-0.4, -0.2) is 41.1 Å². The second-order valence-corrected chi connectivity index (χ2v) is 13.8. The van der Waals surface area contributed by atoms with E-state index >= 15 is 0 Å². The van der Waals surface area contributed by atoms with Gasteiger partial charge >= 0.3 is 9.68 Å². The molecule has 0 amide bonds. The minimum absolute atomic E-state index is 0.465. The number of hydrogen-bond acceptors (Lipinski definition) is 0. The summed E-state index contributed by atoms with van der Waals surface area (Å²) in [4.78, 5) is 0. The van der Waals surface area contributed by atoms with Gasteiger partial charge < -0.3 is 4.15 Å². The molecule has 1 nitrogen and oxygen atoms in total. The molecule has 3 aromatic rings. The first-order chi connectivity index (χ1) is 13.0. The maximum Gasteiger partial charge on any atom is 0.335 e. The van der Waals surface area contributed by atoms with Crippen LogP contribution in [0.25, 0.3) is 0 Å². The molecular weight excluding hydrogens is 361 g/mol. The summed E-state index contributed by atoms with van der Waals surface area (Å²) < 4.78 is 1.00. The maximum absolute atomic E-state index is 3.62. The third-order valence-electron chi connectivity index (χ3n) is 4.59. The Labute approximate surface area is 166 Å². The van der Waals surface area contributed by atoms with Gasteiger partial charge in [0.1, 0.15) is 29.3 Å². The average Bonchev–Trinajstić information content (AvgIpc) is 2.70. The van der Waals surface area contributed by atoms with Crippen LogP contribution >= 0.6 is 7.26 Å². The van der Waals surface area contributed by atoms with Gasteiger partial charge in [-0.15, -0.1) is 0 Å². The van der Waals surface area contributed by atoms with Gasteiger partial charge in [0, 0.05) is 0 Å². The normalized spacial score (nSPS) is 12.0. The zero-order valence-electron chi connectivity index (χ0n) is 16.5. The predicted molar refractivity (Wildman–Crippen MR) is 124 cm³/mol. The smallest absolute Gasteiger partial charge is 0.335 e. The summed E-state index contributed by atoms with van der Waals surface area (Å²) in [7, 11) is 4.48. The van der Waals surface area contributed by atoms with Crippen molar-refractivity contribution in [1.29, 1.82) is 0 Å². The maximum atomic E-state index is 3.62. The number of rotatable bonds is 5. The quantitative estimate of drug-likeness (QED) is 0.358. The minimum atomic E-state index is -1.79. The van der Waals surface area contributed by atoms with E-state index in [1.807, 2.05) is 0 Å². The molecule has 27 heavy (non-hydrogen) atoms. The molecule has 0 aliphatic carbocycles. The summed E-state index contributed by atoms with van der Waals surface area (Å²) in [5.74, 6) is 3.62. The van der Waals surface area contributed by atoms with Gasteiger partial charge in [-0.05, 0) is 36.4 Å². The molecule has 3 rings (SSSR count). The summed E-state index contributed by atoms with van der Waals surface area (Å²) >= 11 is 0. The fourth-order valence-corrected chi connectivity index (χ4v) is 7.99. The molecule has 0 fully saturated rings. The van der Waals surface area contributed by atoms with E-state index in [2.05, 4.69) is 124 Å². The Morgan fingerprint density at radius 2 is 1.04 bits per heavy atom. The van der Waals surface area contributed by atoms with Crippen LogP contribution in [0.1, 0.15) is 0 Å². The molecule has 0 spiro atoms. The Balaban J connectivity index is 2.17. The minimum Gasteiger partial charge on any atom is -0.386 e. The first-order valence-electron chi connectivity index (χ1n) is 9.33. The number of nitrogens with zero attached hydrogens (tertiary/aromatic N) is 1. The van der Waals surface area contributed by atoms with E-state index in [-0.39, 0.29) is 0 Å². The van der Waals surface area contributed by atoms with E-state index < -0.39 is 16.9 Å². The number of hydrogen-bond donors (Lipinski definition) is 0. The lowest BCUT2D eigenvalue weighted by Crippen LogP contribution is -2.38. The first-order valence-corrected chi connectivity index (χ1v) is 12.6. The van der Waals surface area contributed by atoms with E-state index in [0.717, 1.165) is 10.3 Å². The van der Waals surface area contributed by atoms with Crippen LogP contribution in [0.15, 0.2) is 91.0 Å². The highest BCUT2D eigenvalue weighted by molar-refractivity contribution is 7.95. The third-order valence-corrected chi connectivity index (χ3v) is 10.1. The molecule has 0 aliphatic heterocycles. The van der Waals surface area contributed by atoms with Crippen LogP contribution in [0.5, 0.6) is 0 Å². The number of benzene rings is 3. The lowest BCUT2D eigenvalue weighted by atomic mass is 10.4. The SMILES string of the molecule is C[N+](C)(C)[SiH2]C#CC[P+](c1ccccc1)(c1ccccc1)c1ccccc1. The van der Waals surface area contributed by atoms with Gasteiger partial charge in [-0.1, -0.05) is 66.1 Å². The Hall–Kier alpha value is -2.17. The van der Waals surface area contributed by atoms with Crippen molar-refractivity contribution < 1.29 is 4.15 Å². The Kier molecular flexibility index (Phi) is 6.29. The van der Waals surface area contributed by atoms with E-state index in [9.17, 15) is 0 Å². The summed E-state index contributed by atoms with van der Waals surface area (Å²) in [6.45, 7) is 0. The summed E-state index contributed by atoms with van der Waals surface area (Å²) in [5, 5.41) is 4.22. The van der Waals surface area contributed by atoms with Crippen LogP contribution in [0.4, 0.5) is 0 Å². The van der Waals surface area contributed by atoms with Crippen molar-refractivity contribution in [2.45, 2.75) is 0 Å². The molecule has 136 valence electrons. The molecule has 0 saturated heterocycles. The molecule has 0 radical (unpaired) electrons. The topological polar surface area (TPSA) is 0 Å². The van der Waals surface area contributed by atoms with Crippen molar-refractivity contribution in [3.05, 3.63) is 91.0 Å². The van der Waals surface area contributed by atoms with Gasteiger partial charge in [0.15, 0.2) is 0 Å². The molecule has 0 N–H and O–H groups in total. The monoisotopic (exact) mass is 389 g/mol. The highest BCUT2D eigenvalue weighted by Crippen LogP contribution is 2.54. The number of quaternary nitrogens is 1. The molecular formula is C24H28NPSi+2. The summed E-state index contributed by atoms with van der Waals surface area (Å²) in [6.07, 6.45) is 0.901. The van der Waals surface area contributed by atoms with Gasteiger partial charge in [-0.2, -0.15) is 0 Å². The largest absolute Gasteiger partial charge is 0.386 e. The predicted octanol–water partition coefficient (Wildman–Crippen LogP) is 2.73.